The minimum Gasteiger partial charge on any atom is -0.358 e. The molecule has 0 aromatic carbocycles. The first-order valence-corrected chi connectivity index (χ1v) is 5.24. The van der Waals surface area contributed by atoms with Gasteiger partial charge >= 0.3 is 0 Å². The number of anilines is 1. The summed E-state index contributed by atoms with van der Waals surface area (Å²) in [6.07, 6.45) is 0. The Morgan fingerprint density at radius 1 is 1.40 bits per heavy atom. The zero-order valence-corrected chi connectivity index (χ0v) is 10.6. The largest absolute Gasteiger partial charge is 0.358 e. The summed E-state index contributed by atoms with van der Waals surface area (Å²) in [6, 6.07) is 2.11. The van der Waals surface area contributed by atoms with E-state index in [9.17, 15) is 0 Å². The number of nitrogens with zero attached hydrogens (tertiary/aromatic N) is 3. The summed E-state index contributed by atoms with van der Waals surface area (Å²) in [6.45, 7) is 7.34. The van der Waals surface area contributed by atoms with Gasteiger partial charge in [-0.15, -0.1) is 0 Å². The van der Waals surface area contributed by atoms with Gasteiger partial charge in [0.05, 0.1) is 12.4 Å². The standard InChI is InChI=1S/C11H22N4/c1-11(2,3)9-7-10(15(6)13-9)12-8-14(4)5/h7,12H,8H2,1-6H3. The molecule has 0 spiro atoms. The first-order valence-electron chi connectivity index (χ1n) is 5.24. The average molecular weight is 210 g/mol. The Bertz CT molecular complexity index is 320. The molecule has 0 atom stereocenters. The van der Waals surface area contributed by atoms with Crippen LogP contribution in [0.25, 0.3) is 0 Å². The second-order valence-electron chi connectivity index (χ2n) is 5.20. The van der Waals surface area contributed by atoms with Gasteiger partial charge in [-0.05, 0) is 14.1 Å². The van der Waals surface area contributed by atoms with E-state index in [-0.39, 0.29) is 5.41 Å². The molecular formula is C11H22N4. The quantitative estimate of drug-likeness (QED) is 0.770. The Morgan fingerprint density at radius 3 is 2.40 bits per heavy atom. The van der Waals surface area contributed by atoms with Crippen LogP contribution in [-0.2, 0) is 12.5 Å². The molecule has 86 valence electrons. The molecule has 0 fully saturated rings. The third-order valence-corrected chi connectivity index (χ3v) is 2.22. The van der Waals surface area contributed by atoms with Crippen LogP contribution >= 0.6 is 0 Å². The van der Waals surface area contributed by atoms with Crippen LogP contribution in [0.1, 0.15) is 26.5 Å². The molecule has 0 amide bonds. The maximum Gasteiger partial charge on any atom is 0.125 e. The van der Waals surface area contributed by atoms with Gasteiger partial charge in [-0.3, -0.25) is 9.58 Å². The van der Waals surface area contributed by atoms with Crippen molar-refractivity contribution >= 4 is 5.82 Å². The predicted octanol–water partition coefficient (Wildman–Crippen LogP) is 1.65. The topological polar surface area (TPSA) is 33.1 Å². The highest BCUT2D eigenvalue weighted by Gasteiger charge is 2.18. The average Bonchev–Trinajstić information content (AvgIpc) is 2.42. The van der Waals surface area contributed by atoms with Gasteiger partial charge < -0.3 is 5.32 Å². The lowest BCUT2D eigenvalue weighted by molar-refractivity contribution is 0.438. The zero-order valence-electron chi connectivity index (χ0n) is 10.6. The van der Waals surface area contributed by atoms with Crippen molar-refractivity contribution in [2.45, 2.75) is 26.2 Å². The highest BCUT2D eigenvalue weighted by Crippen LogP contribution is 2.23. The van der Waals surface area contributed by atoms with Crippen molar-refractivity contribution in [2.75, 3.05) is 26.1 Å². The van der Waals surface area contributed by atoms with E-state index in [0.717, 1.165) is 18.2 Å². The SMILES string of the molecule is CN(C)CNc1cc(C(C)(C)C)nn1C. The van der Waals surface area contributed by atoms with Crippen molar-refractivity contribution in [1.29, 1.82) is 0 Å². The summed E-state index contributed by atoms with van der Waals surface area (Å²) in [5, 5.41) is 7.83. The maximum absolute atomic E-state index is 4.50. The molecule has 15 heavy (non-hydrogen) atoms. The van der Waals surface area contributed by atoms with Crippen LogP contribution in [0.3, 0.4) is 0 Å². The second kappa shape index (κ2) is 4.23. The number of hydrogen-bond acceptors (Lipinski definition) is 3. The van der Waals surface area contributed by atoms with E-state index in [4.69, 9.17) is 0 Å². The summed E-state index contributed by atoms with van der Waals surface area (Å²) in [7, 11) is 6.04. The van der Waals surface area contributed by atoms with Crippen LogP contribution in [-0.4, -0.2) is 35.4 Å². The molecule has 0 radical (unpaired) electrons. The van der Waals surface area contributed by atoms with Gasteiger partial charge in [-0.1, -0.05) is 20.8 Å². The van der Waals surface area contributed by atoms with Crippen molar-refractivity contribution in [1.82, 2.24) is 14.7 Å². The smallest absolute Gasteiger partial charge is 0.125 e. The third kappa shape index (κ3) is 3.23. The number of hydrogen-bond donors (Lipinski definition) is 1. The second-order valence-corrected chi connectivity index (χ2v) is 5.20. The van der Waals surface area contributed by atoms with Gasteiger partial charge in [0.25, 0.3) is 0 Å². The van der Waals surface area contributed by atoms with Crippen LogP contribution in [0.4, 0.5) is 5.82 Å². The molecule has 0 unspecified atom stereocenters. The number of rotatable bonds is 3. The summed E-state index contributed by atoms with van der Waals surface area (Å²) >= 11 is 0. The van der Waals surface area contributed by atoms with Gasteiger partial charge in [0, 0.05) is 18.5 Å². The summed E-state index contributed by atoms with van der Waals surface area (Å²) < 4.78 is 1.89. The molecule has 0 bridgehead atoms. The van der Waals surface area contributed by atoms with Crippen molar-refractivity contribution in [2.24, 2.45) is 7.05 Å². The Balaban J connectivity index is 2.78. The molecule has 0 saturated carbocycles. The number of aryl methyl sites for hydroxylation is 1. The molecule has 0 aliphatic rings. The van der Waals surface area contributed by atoms with Crippen LogP contribution < -0.4 is 5.32 Å². The first-order chi connectivity index (χ1) is 6.80. The molecule has 1 aromatic rings. The van der Waals surface area contributed by atoms with Crippen molar-refractivity contribution in [3.63, 3.8) is 0 Å². The van der Waals surface area contributed by atoms with Crippen molar-refractivity contribution in [3.8, 4) is 0 Å². The lowest BCUT2D eigenvalue weighted by Gasteiger charge is -2.13. The lowest BCUT2D eigenvalue weighted by Crippen LogP contribution is -2.21. The van der Waals surface area contributed by atoms with Gasteiger partial charge in [-0.25, -0.2) is 0 Å². The van der Waals surface area contributed by atoms with E-state index in [0.29, 0.717) is 0 Å². The third-order valence-electron chi connectivity index (χ3n) is 2.22. The summed E-state index contributed by atoms with van der Waals surface area (Å²) in [5.41, 5.74) is 1.22. The molecule has 1 N–H and O–H groups in total. The van der Waals surface area contributed by atoms with Gasteiger partial charge in [0.2, 0.25) is 0 Å². The van der Waals surface area contributed by atoms with Crippen LogP contribution in [0.15, 0.2) is 6.07 Å². The van der Waals surface area contributed by atoms with Gasteiger partial charge in [0.15, 0.2) is 0 Å². The fourth-order valence-electron chi connectivity index (χ4n) is 1.24. The van der Waals surface area contributed by atoms with Crippen LogP contribution in [0, 0.1) is 0 Å². The van der Waals surface area contributed by atoms with Crippen LogP contribution in [0.2, 0.25) is 0 Å². The van der Waals surface area contributed by atoms with E-state index in [2.05, 4.69) is 42.2 Å². The van der Waals surface area contributed by atoms with E-state index >= 15 is 0 Å². The summed E-state index contributed by atoms with van der Waals surface area (Å²) in [4.78, 5) is 2.09. The molecule has 0 aliphatic heterocycles. The number of aromatic nitrogens is 2. The molecule has 1 rings (SSSR count). The monoisotopic (exact) mass is 210 g/mol. The fraction of sp³-hybridized carbons (Fsp3) is 0.727. The minimum atomic E-state index is 0.107. The molecule has 4 nitrogen and oxygen atoms in total. The molecule has 4 heteroatoms. The van der Waals surface area contributed by atoms with Crippen LogP contribution in [0.5, 0.6) is 0 Å². The highest BCUT2D eigenvalue weighted by molar-refractivity contribution is 5.38. The maximum atomic E-state index is 4.50. The van der Waals surface area contributed by atoms with E-state index < -0.39 is 0 Å². The van der Waals surface area contributed by atoms with Gasteiger partial charge in [-0.2, -0.15) is 5.10 Å². The fourth-order valence-corrected chi connectivity index (χ4v) is 1.24. The van der Waals surface area contributed by atoms with E-state index in [1.54, 1.807) is 0 Å². The Hall–Kier alpha value is -1.03. The predicted molar refractivity (Wildman–Crippen MR) is 64.1 cm³/mol. The van der Waals surface area contributed by atoms with Gasteiger partial charge in [0.1, 0.15) is 5.82 Å². The molecule has 0 aliphatic carbocycles. The van der Waals surface area contributed by atoms with E-state index in [1.165, 1.54) is 0 Å². The molecule has 0 saturated heterocycles. The Labute approximate surface area is 92.3 Å². The first kappa shape index (κ1) is 12.0. The normalized spacial score (nSPS) is 12.2. The van der Waals surface area contributed by atoms with Crippen molar-refractivity contribution in [3.05, 3.63) is 11.8 Å². The highest BCUT2D eigenvalue weighted by atomic mass is 15.3. The number of nitrogens with one attached hydrogen (secondary N) is 1. The summed E-state index contributed by atoms with van der Waals surface area (Å²) in [5.74, 6) is 1.06. The lowest BCUT2D eigenvalue weighted by atomic mass is 9.92. The Kier molecular flexibility index (Phi) is 3.39. The Morgan fingerprint density at radius 2 is 2.00 bits per heavy atom. The molecular weight excluding hydrogens is 188 g/mol. The molecule has 1 heterocycles. The zero-order chi connectivity index (χ0) is 11.6. The van der Waals surface area contributed by atoms with Crippen molar-refractivity contribution < 1.29 is 0 Å². The van der Waals surface area contributed by atoms with E-state index in [1.807, 2.05) is 25.8 Å². The minimum absolute atomic E-state index is 0.107. The molecule has 1 aromatic heterocycles.